The number of nitrogens with one attached hydrogen (secondary N) is 3. The van der Waals surface area contributed by atoms with Crippen LogP contribution in [0.15, 0.2) is 9.59 Å². The summed E-state index contributed by atoms with van der Waals surface area (Å²) in [6, 6.07) is 0.0667. The SMILES string of the molecule is CC(Nc1n[nH]c(=O)[nH]c1=O)C(C)(C)C. The molecule has 0 bridgehead atoms. The summed E-state index contributed by atoms with van der Waals surface area (Å²) < 4.78 is 0. The van der Waals surface area contributed by atoms with Gasteiger partial charge >= 0.3 is 5.69 Å². The normalized spacial score (nSPS) is 13.6. The van der Waals surface area contributed by atoms with Gasteiger partial charge in [-0.1, -0.05) is 20.8 Å². The Morgan fingerprint density at radius 3 is 2.40 bits per heavy atom. The van der Waals surface area contributed by atoms with Crippen molar-refractivity contribution in [3.8, 4) is 0 Å². The van der Waals surface area contributed by atoms with Crippen molar-refractivity contribution in [2.45, 2.75) is 33.7 Å². The molecule has 1 unspecified atom stereocenters. The summed E-state index contributed by atoms with van der Waals surface area (Å²) in [6.07, 6.45) is 0. The van der Waals surface area contributed by atoms with Crippen LogP contribution in [0, 0.1) is 5.41 Å². The predicted molar refractivity (Wildman–Crippen MR) is 58.0 cm³/mol. The first-order chi connectivity index (χ1) is 6.80. The maximum Gasteiger partial charge on any atom is 0.342 e. The van der Waals surface area contributed by atoms with E-state index in [4.69, 9.17) is 0 Å². The van der Waals surface area contributed by atoms with Gasteiger partial charge in [0.25, 0.3) is 5.56 Å². The van der Waals surface area contributed by atoms with E-state index in [0.29, 0.717) is 0 Å². The molecule has 1 aromatic rings. The van der Waals surface area contributed by atoms with E-state index >= 15 is 0 Å². The number of aromatic amines is 2. The molecule has 1 heterocycles. The molecule has 6 heteroatoms. The maximum atomic E-state index is 11.3. The zero-order chi connectivity index (χ0) is 11.6. The number of anilines is 1. The fraction of sp³-hybridized carbons (Fsp3) is 0.667. The molecule has 0 saturated heterocycles. The minimum Gasteiger partial charge on any atom is -0.361 e. The van der Waals surface area contributed by atoms with Crippen molar-refractivity contribution < 1.29 is 0 Å². The lowest BCUT2D eigenvalue weighted by atomic mass is 9.88. The Morgan fingerprint density at radius 1 is 1.33 bits per heavy atom. The third-order valence-electron chi connectivity index (χ3n) is 2.36. The van der Waals surface area contributed by atoms with E-state index < -0.39 is 11.2 Å². The zero-order valence-electron chi connectivity index (χ0n) is 9.34. The summed E-state index contributed by atoms with van der Waals surface area (Å²) in [5, 5.41) is 8.77. The molecule has 1 aromatic heterocycles. The van der Waals surface area contributed by atoms with Crippen LogP contribution in [0.5, 0.6) is 0 Å². The lowest BCUT2D eigenvalue weighted by molar-refractivity contribution is 0.358. The molecule has 0 saturated carbocycles. The zero-order valence-corrected chi connectivity index (χ0v) is 9.34. The van der Waals surface area contributed by atoms with E-state index in [1.807, 2.05) is 27.7 Å². The molecule has 0 aliphatic heterocycles. The molecule has 0 spiro atoms. The number of rotatable bonds is 2. The minimum atomic E-state index is -0.603. The van der Waals surface area contributed by atoms with Crippen molar-refractivity contribution in [1.82, 2.24) is 15.2 Å². The molecule has 0 aromatic carbocycles. The van der Waals surface area contributed by atoms with Crippen molar-refractivity contribution in [3.05, 3.63) is 20.8 Å². The van der Waals surface area contributed by atoms with Crippen molar-refractivity contribution in [2.24, 2.45) is 5.41 Å². The highest BCUT2D eigenvalue weighted by atomic mass is 16.2. The monoisotopic (exact) mass is 212 g/mol. The van der Waals surface area contributed by atoms with Gasteiger partial charge < -0.3 is 5.32 Å². The Kier molecular flexibility index (Phi) is 2.97. The quantitative estimate of drug-likeness (QED) is 0.657. The number of hydrogen-bond acceptors (Lipinski definition) is 4. The molecule has 6 nitrogen and oxygen atoms in total. The third kappa shape index (κ3) is 2.93. The molecule has 0 fully saturated rings. The van der Waals surface area contributed by atoms with Crippen molar-refractivity contribution in [3.63, 3.8) is 0 Å². The molecule has 1 atom stereocenters. The van der Waals surface area contributed by atoms with Crippen LogP contribution in [-0.2, 0) is 0 Å². The van der Waals surface area contributed by atoms with Crippen LogP contribution in [0.3, 0.4) is 0 Å². The van der Waals surface area contributed by atoms with Crippen LogP contribution in [0.25, 0.3) is 0 Å². The molecule has 0 aliphatic carbocycles. The van der Waals surface area contributed by atoms with E-state index in [-0.39, 0.29) is 17.3 Å². The molecule has 1 rings (SSSR count). The van der Waals surface area contributed by atoms with Gasteiger partial charge in [0.1, 0.15) is 0 Å². The van der Waals surface area contributed by atoms with Crippen LogP contribution in [0.2, 0.25) is 0 Å². The molecule has 84 valence electrons. The first kappa shape index (κ1) is 11.5. The van der Waals surface area contributed by atoms with Gasteiger partial charge in [0, 0.05) is 6.04 Å². The molecule has 3 N–H and O–H groups in total. The number of nitrogens with zero attached hydrogens (tertiary/aromatic N) is 1. The predicted octanol–water partition coefficient (Wildman–Crippen LogP) is 0.305. The number of hydrogen-bond donors (Lipinski definition) is 3. The van der Waals surface area contributed by atoms with E-state index in [1.165, 1.54) is 0 Å². The van der Waals surface area contributed by atoms with E-state index in [9.17, 15) is 9.59 Å². The average molecular weight is 212 g/mol. The highest BCUT2D eigenvalue weighted by Gasteiger charge is 2.21. The Morgan fingerprint density at radius 2 is 1.93 bits per heavy atom. The first-order valence-corrected chi connectivity index (χ1v) is 4.76. The highest BCUT2D eigenvalue weighted by Crippen LogP contribution is 2.20. The van der Waals surface area contributed by atoms with Gasteiger partial charge in [0.05, 0.1) is 0 Å². The summed E-state index contributed by atoms with van der Waals surface area (Å²) in [7, 11) is 0. The maximum absolute atomic E-state index is 11.3. The van der Waals surface area contributed by atoms with E-state index in [0.717, 1.165) is 0 Å². The minimum absolute atomic E-state index is 0.00422. The van der Waals surface area contributed by atoms with Gasteiger partial charge in [-0.25, -0.2) is 9.89 Å². The lowest BCUT2D eigenvalue weighted by Crippen LogP contribution is -2.35. The van der Waals surface area contributed by atoms with Crippen molar-refractivity contribution in [1.29, 1.82) is 0 Å². The molecule has 15 heavy (non-hydrogen) atoms. The smallest absolute Gasteiger partial charge is 0.342 e. The fourth-order valence-electron chi connectivity index (χ4n) is 0.867. The topological polar surface area (TPSA) is 90.6 Å². The average Bonchev–Trinajstić information content (AvgIpc) is 2.08. The molecular weight excluding hydrogens is 196 g/mol. The van der Waals surface area contributed by atoms with Gasteiger partial charge in [0.2, 0.25) is 5.82 Å². The van der Waals surface area contributed by atoms with Crippen LogP contribution < -0.4 is 16.6 Å². The lowest BCUT2D eigenvalue weighted by Gasteiger charge is -2.27. The Hall–Kier alpha value is -1.59. The van der Waals surface area contributed by atoms with Gasteiger partial charge in [0.15, 0.2) is 0 Å². The summed E-state index contributed by atoms with van der Waals surface area (Å²) in [5.74, 6) is 0.136. The Bertz CT molecular complexity index is 440. The van der Waals surface area contributed by atoms with Gasteiger partial charge in [-0.05, 0) is 12.3 Å². The summed E-state index contributed by atoms with van der Waals surface area (Å²) >= 11 is 0. The van der Waals surface area contributed by atoms with Crippen LogP contribution in [0.4, 0.5) is 5.82 Å². The van der Waals surface area contributed by atoms with Crippen LogP contribution in [-0.4, -0.2) is 21.2 Å². The second-order valence-corrected chi connectivity index (χ2v) is 4.59. The largest absolute Gasteiger partial charge is 0.361 e. The summed E-state index contributed by atoms with van der Waals surface area (Å²) in [4.78, 5) is 24.1. The van der Waals surface area contributed by atoms with Crippen LogP contribution in [0.1, 0.15) is 27.7 Å². The first-order valence-electron chi connectivity index (χ1n) is 4.76. The molecular formula is C9H16N4O2. The third-order valence-corrected chi connectivity index (χ3v) is 2.36. The highest BCUT2D eigenvalue weighted by molar-refractivity contribution is 5.30. The fourth-order valence-corrected chi connectivity index (χ4v) is 0.867. The second-order valence-electron chi connectivity index (χ2n) is 4.59. The second kappa shape index (κ2) is 3.88. The number of H-pyrrole nitrogens is 2. The Labute approximate surface area is 87.1 Å². The summed E-state index contributed by atoms with van der Waals surface area (Å²) in [5.41, 5.74) is -1.10. The Balaban J connectivity index is 2.91. The van der Waals surface area contributed by atoms with Crippen LogP contribution >= 0.6 is 0 Å². The standard InChI is InChI=1S/C9H16N4O2/c1-5(9(2,3)4)10-6-7(14)11-8(15)13-12-6/h5H,1-4H3,(H,10,12)(H2,11,13,14,15). The summed E-state index contributed by atoms with van der Waals surface area (Å²) in [6.45, 7) is 8.09. The number of aromatic nitrogens is 3. The van der Waals surface area contributed by atoms with Crippen molar-refractivity contribution in [2.75, 3.05) is 5.32 Å². The van der Waals surface area contributed by atoms with Gasteiger partial charge in [-0.3, -0.25) is 9.78 Å². The van der Waals surface area contributed by atoms with E-state index in [1.54, 1.807) is 0 Å². The molecule has 0 amide bonds. The molecule has 0 radical (unpaired) electrons. The molecule has 0 aliphatic rings. The van der Waals surface area contributed by atoms with Gasteiger partial charge in [-0.2, -0.15) is 0 Å². The van der Waals surface area contributed by atoms with Gasteiger partial charge in [-0.15, -0.1) is 5.10 Å². The van der Waals surface area contributed by atoms with Crippen molar-refractivity contribution >= 4 is 5.82 Å². The van der Waals surface area contributed by atoms with E-state index in [2.05, 4.69) is 20.5 Å².